The Bertz CT molecular complexity index is 527. The van der Waals surface area contributed by atoms with Gasteiger partial charge in [-0.25, -0.2) is 4.98 Å². The standard InChI is InChI=1S/C12H18N4S3/c1-5-13-10-15-16-11(19-10)18-7-8-6-17-9(14-8)12(2,3)4/h6H,5,7H2,1-4H3,(H,13,15). The molecule has 0 amide bonds. The highest BCUT2D eigenvalue weighted by atomic mass is 32.2. The number of anilines is 1. The van der Waals surface area contributed by atoms with Gasteiger partial charge in [0.1, 0.15) is 0 Å². The topological polar surface area (TPSA) is 50.7 Å². The highest BCUT2D eigenvalue weighted by Crippen LogP contribution is 2.30. The molecule has 0 radical (unpaired) electrons. The van der Waals surface area contributed by atoms with Crippen LogP contribution in [0.2, 0.25) is 0 Å². The molecule has 7 heteroatoms. The molecule has 2 aromatic rings. The van der Waals surface area contributed by atoms with Crippen LogP contribution in [0.4, 0.5) is 5.13 Å². The van der Waals surface area contributed by atoms with Crippen molar-refractivity contribution in [1.82, 2.24) is 15.2 Å². The van der Waals surface area contributed by atoms with Crippen molar-refractivity contribution in [3.8, 4) is 0 Å². The minimum Gasteiger partial charge on any atom is -0.360 e. The van der Waals surface area contributed by atoms with Crippen molar-refractivity contribution in [2.24, 2.45) is 0 Å². The lowest BCUT2D eigenvalue weighted by molar-refractivity contribution is 0.584. The van der Waals surface area contributed by atoms with E-state index >= 15 is 0 Å². The monoisotopic (exact) mass is 314 g/mol. The van der Waals surface area contributed by atoms with Gasteiger partial charge in [0.05, 0.1) is 10.7 Å². The quantitative estimate of drug-likeness (QED) is 0.845. The summed E-state index contributed by atoms with van der Waals surface area (Å²) >= 11 is 5.02. The second-order valence-electron chi connectivity index (χ2n) is 5.09. The van der Waals surface area contributed by atoms with Crippen LogP contribution in [-0.2, 0) is 11.2 Å². The molecule has 0 saturated heterocycles. The fraction of sp³-hybridized carbons (Fsp3) is 0.583. The van der Waals surface area contributed by atoms with Crippen molar-refractivity contribution in [3.63, 3.8) is 0 Å². The van der Waals surface area contributed by atoms with Gasteiger partial charge in [-0.1, -0.05) is 43.9 Å². The Hall–Kier alpha value is -0.660. The number of nitrogens with one attached hydrogen (secondary N) is 1. The third kappa shape index (κ3) is 4.15. The Balaban J connectivity index is 1.93. The Morgan fingerprint density at radius 3 is 2.74 bits per heavy atom. The van der Waals surface area contributed by atoms with Gasteiger partial charge in [-0.2, -0.15) is 0 Å². The molecule has 2 aromatic heterocycles. The maximum atomic E-state index is 4.68. The zero-order valence-electron chi connectivity index (χ0n) is 11.6. The van der Waals surface area contributed by atoms with Crippen LogP contribution in [-0.4, -0.2) is 21.7 Å². The van der Waals surface area contributed by atoms with Gasteiger partial charge in [0.25, 0.3) is 0 Å². The van der Waals surface area contributed by atoms with Crippen LogP contribution in [0.25, 0.3) is 0 Å². The molecule has 0 bridgehead atoms. The first kappa shape index (κ1) is 14.7. The van der Waals surface area contributed by atoms with Crippen LogP contribution < -0.4 is 5.32 Å². The van der Waals surface area contributed by atoms with E-state index in [0.29, 0.717) is 0 Å². The van der Waals surface area contributed by atoms with E-state index in [4.69, 9.17) is 0 Å². The lowest BCUT2D eigenvalue weighted by atomic mass is 9.98. The summed E-state index contributed by atoms with van der Waals surface area (Å²) in [7, 11) is 0. The van der Waals surface area contributed by atoms with Gasteiger partial charge in [0, 0.05) is 23.1 Å². The molecule has 2 heterocycles. The molecule has 4 nitrogen and oxygen atoms in total. The van der Waals surface area contributed by atoms with Gasteiger partial charge >= 0.3 is 0 Å². The highest BCUT2D eigenvalue weighted by Gasteiger charge is 2.18. The van der Waals surface area contributed by atoms with E-state index in [1.807, 2.05) is 0 Å². The number of hydrogen-bond donors (Lipinski definition) is 1. The summed E-state index contributed by atoms with van der Waals surface area (Å²) in [6.07, 6.45) is 0. The van der Waals surface area contributed by atoms with Gasteiger partial charge in [-0.15, -0.1) is 21.5 Å². The summed E-state index contributed by atoms with van der Waals surface area (Å²) in [4.78, 5) is 4.68. The molecule has 19 heavy (non-hydrogen) atoms. The fourth-order valence-corrected chi connectivity index (χ4v) is 4.07. The van der Waals surface area contributed by atoms with Crippen LogP contribution in [0.1, 0.15) is 38.4 Å². The molecule has 0 unspecified atom stereocenters. The third-order valence-electron chi connectivity index (χ3n) is 2.27. The third-order valence-corrected chi connectivity index (χ3v) is 5.64. The van der Waals surface area contributed by atoms with E-state index in [1.165, 1.54) is 5.01 Å². The van der Waals surface area contributed by atoms with Crippen LogP contribution in [0.3, 0.4) is 0 Å². The molecule has 0 atom stereocenters. The summed E-state index contributed by atoms with van der Waals surface area (Å²) in [6, 6.07) is 0. The molecule has 0 spiro atoms. The Morgan fingerprint density at radius 2 is 2.11 bits per heavy atom. The Labute approximate surface area is 126 Å². The van der Waals surface area contributed by atoms with Crippen molar-refractivity contribution in [2.75, 3.05) is 11.9 Å². The average Bonchev–Trinajstić information content (AvgIpc) is 2.94. The average molecular weight is 315 g/mol. The zero-order chi connectivity index (χ0) is 13.9. The predicted molar refractivity (Wildman–Crippen MR) is 84.4 cm³/mol. The molecule has 0 aliphatic heterocycles. The smallest absolute Gasteiger partial charge is 0.206 e. The number of rotatable bonds is 5. The molecule has 1 N–H and O–H groups in total. The molecule has 0 fully saturated rings. The summed E-state index contributed by atoms with van der Waals surface area (Å²) in [5, 5.41) is 15.6. The fourth-order valence-electron chi connectivity index (χ4n) is 1.34. The SMILES string of the molecule is CCNc1nnc(SCc2csc(C(C)(C)C)n2)s1. The van der Waals surface area contributed by atoms with E-state index in [0.717, 1.165) is 27.5 Å². The Morgan fingerprint density at radius 1 is 1.32 bits per heavy atom. The van der Waals surface area contributed by atoms with E-state index in [9.17, 15) is 0 Å². The van der Waals surface area contributed by atoms with Crippen molar-refractivity contribution in [2.45, 2.75) is 43.2 Å². The van der Waals surface area contributed by atoms with Crippen LogP contribution in [0, 0.1) is 0 Å². The zero-order valence-corrected chi connectivity index (χ0v) is 14.0. The first-order chi connectivity index (χ1) is 8.99. The molecular weight excluding hydrogens is 296 g/mol. The summed E-state index contributed by atoms with van der Waals surface area (Å²) < 4.78 is 0.987. The van der Waals surface area contributed by atoms with Crippen molar-refractivity contribution >= 4 is 39.6 Å². The number of thioether (sulfide) groups is 1. The van der Waals surface area contributed by atoms with Gasteiger partial charge in [-0.3, -0.25) is 0 Å². The molecule has 0 aliphatic carbocycles. The highest BCUT2D eigenvalue weighted by molar-refractivity contribution is 8.00. The molecule has 0 saturated carbocycles. The minimum absolute atomic E-state index is 0.133. The Kier molecular flexibility index (Phi) is 4.81. The summed E-state index contributed by atoms with van der Waals surface area (Å²) in [6.45, 7) is 9.50. The molecule has 0 aliphatic rings. The van der Waals surface area contributed by atoms with Gasteiger partial charge in [0.15, 0.2) is 4.34 Å². The van der Waals surface area contributed by atoms with Crippen molar-refractivity contribution in [1.29, 1.82) is 0 Å². The number of hydrogen-bond acceptors (Lipinski definition) is 7. The van der Waals surface area contributed by atoms with Gasteiger partial charge < -0.3 is 5.32 Å². The number of nitrogens with zero attached hydrogens (tertiary/aromatic N) is 3. The maximum Gasteiger partial charge on any atom is 0.206 e. The van der Waals surface area contributed by atoms with Crippen LogP contribution in [0.5, 0.6) is 0 Å². The molecule has 0 aromatic carbocycles. The number of thiazole rings is 1. The van der Waals surface area contributed by atoms with E-state index in [2.05, 4.69) is 53.6 Å². The second-order valence-corrected chi connectivity index (χ2v) is 8.14. The van der Waals surface area contributed by atoms with E-state index in [-0.39, 0.29) is 5.41 Å². The van der Waals surface area contributed by atoms with E-state index < -0.39 is 0 Å². The van der Waals surface area contributed by atoms with Crippen LogP contribution >= 0.6 is 34.4 Å². The normalized spacial score (nSPS) is 11.8. The lowest BCUT2D eigenvalue weighted by Crippen LogP contribution is -2.10. The molecule has 2 rings (SSSR count). The first-order valence-electron chi connectivity index (χ1n) is 6.14. The van der Waals surface area contributed by atoms with Gasteiger partial charge in [-0.05, 0) is 6.92 Å². The van der Waals surface area contributed by atoms with Crippen LogP contribution in [0.15, 0.2) is 9.72 Å². The van der Waals surface area contributed by atoms with Crippen molar-refractivity contribution < 1.29 is 0 Å². The number of aromatic nitrogens is 3. The largest absolute Gasteiger partial charge is 0.360 e. The predicted octanol–water partition coefficient (Wildman–Crippen LogP) is 4.02. The second kappa shape index (κ2) is 6.19. The summed E-state index contributed by atoms with van der Waals surface area (Å²) in [5.74, 6) is 0.855. The van der Waals surface area contributed by atoms with Gasteiger partial charge in [0.2, 0.25) is 5.13 Å². The lowest BCUT2D eigenvalue weighted by Gasteiger charge is -2.13. The maximum absolute atomic E-state index is 4.68. The molecular formula is C12H18N4S3. The first-order valence-corrected chi connectivity index (χ1v) is 8.82. The minimum atomic E-state index is 0.133. The van der Waals surface area contributed by atoms with Crippen molar-refractivity contribution in [3.05, 3.63) is 16.1 Å². The van der Waals surface area contributed by atoms with E-state index in [1.54, 1.807) is 34.4 Å². The molecule has 104 valence electrons. The summed E-state index contributed by atoms with van der Waals surface area (Å²) in [5.41, 5.74) is 1.26.